The van der Waals surface area contributed by atoms with Crippen LogP contribution in [0, 0.1) is 0 Å². The molecule has 0 aliphatic heterocycles. The largest absolute Gasteiger partial charge is 0.456 e. The first-order valence-electron chi connectivity index (χ1n) is 18.3. The molecule has 5 nitrogen and oxygen atoms in total. The summed E-state index contributed by atoms with van der Waals surface area (Å²) in [5, 5.41) is 6.40. The fourth-order valence-corrected chi connectivity index (χ4v) is 7.52. The first-order chi connectivity index (χ1) is 27.2. The maximum atomic E-state index is 6.51. The summed E-state index contributed by atoms with van der Waals surface area (Å²) in [4.78, 5) is 15.0. The number of para-hydroxylation sites is 2. The molecule has 0 amide bonds. The van der Waals surface area contributed by atoms with E-state index in [2.05, 4.69) is 139 Å². The second-order valence-corrected chi connectivity index (χ2v) is 13.7. The molecular formula is C50H33N3O2. The average Bonchev–Trinajstić information content (AvgIpc) is 3.82. The van der Waals surface area contributed by atoms with Gasteiger partial charge in [0.05, 0.1) is 6.54 Å². The number of benzene rings is 8. The molecule has 0 N–H and O–H groups in total. The predicted octanol–water partition coefficient (Wildman–Crippen LogP) is 13.1. The van der Waals surface area contributed by atoms with Gasteiger partial charge in [-0.25, -0.2) is 9.98 Å². The number of rotatable bonds is 6. The first-order valence-corrected chi connectivity index (χ1v) is 18.3. The van der Waals surface area contributed by atoms with E-state index in [0.717, 1.165) is 82.8 Å². The third-order valence-electron chi connectivity index (χ3n) is 10.3. The number of fused-ring (bicyclic) bond motifs is 7. The van der Waals surface area contributed by atoms with Crippen molar-refractivity contribution in [3.63, 3.8) is 0 Å². The van der Waals surface area contributed by atoms with E-state index in [1.807, 2.05) is 48.5 Å². The quantitative estimate of drug-likeness (QED) is 0.128. The zero-order chi connectivity index (χ0) is 36.7. The average molecular weight is 708 g/mol. The van der Waals surface area contributed by atoms with Gasteiger partial charge < -0.3 is 8.83 Å². The normalized spacial score (nSPS) is 12.4. The standard InChI is InChI=1S/C50H33N3O2/c1-51-50(53-49(36-23-21-35(22-24-36)33-11-3-2-4-12-33)52-31-32-19-20-34-13-5-6-14-37(34)27-32)43-29-39(30-47-48(43)41-16-8-10-18-45(41)55-47)38-25-26-46-42(28-38)40-15-7-9-17-44(40)54-46/h2-30H,1,31H2. The van der Waals surface area contributed by atoms with Gasteiger partial charge in [0.1, 0.15) is 22.3 Å². The van der Waals surface area contributed by atoms with Crippen molar-refractivity contribution in [3.8, 4) is 22.3 Å². The molecule has 260 valence electrons. The highest BCUT2D eigenvalue weighted by atomic mass is 16.3. The number of nitrogens with zero attached hydrogens (tertiary/aromatic N) is 3. The summed E-state index contributed by atoms with van der Waals surface area (Å²) in [7, 11) is 0. The Bertz CT molecular complexity index is 3130. The molecule has 5 heteroatoms. The van der Waals surface area contributed by atoms with Crippen LogP contribution in [-0.4, -0.2) is 18.4 Å². The Labute approximate surface area is 317 Å². The van der Waals surface area contributed by atoms with Crippen molar-refractivity contribution in [2.24, 2.45) is 15.0 Å². The molecule has 55 heavy (non-hydrogen) atoms. The Morgan fingerprint density at radius 1 is 0.455 bits per heavy atom. The number of hydrogen-bond donors (Lipinski definition) is 0. The van der Waals surface area contributed by atoms with Crippen molar-refractivity contribution < 1.29 is 8.83 Å². The molecule has 0 fully saturated rings. The van der Waals surface area contributed by atoms with Gasteiger partial charge >= 0.3 is 0 Å². The molecule has 0 saturated carbocycles. The van der Waals surface area contributed by atoms with Gasteiger partial charge in [0.2, 0.25) is 0 Å². The summed E-state index contributed by atoms with van der Waals surface area (Å²) >= 11 is 0. The minimum absolute atomic E-state index is 0.442. The second-order valence-electron chi connectivity index (χ2n) is 13.7. The van der Waals surface area contributed by atoms with Crippen LogP contribution in [0.3, 0.4) is 0 Å². The molecule has 0 saturated heterocycles. The summed E-state index contributed by atoms with van der Waals surface area (Å²) in [5.41, 5.74) is 10.3. The summed E-state index contributed by atoms with van der Waals surface area (Å²) in [6.07, 6.45) is 0. The first kappa shape index (κ1) is 32.3. The van der Waals surface area contributed by atoms with E-state index in [1.165, 1.54) is 10.8 Å². The molecule has 10 aromatic rings. The van der Waals surface area contributed by atoms with E-state index in [0.29, 0.717) is 18.2 Å². The highest BCUT2D eigenvalue weighted by Crippen LogP contribution is 2.38. The van der Waals surface area contributed by atoms with Gasteiger partial charge in [0.15, 0.2) is 11.7 Å². The third kappa shape index (κ3) is 5.98. The summed E-state index contributed by atoms with van der Waals surface area (Å²) in [6.45, 7) is 4.50. The molecule has 0 aliphatic carbocycles. The van der Waals surface area contributed by atoms with Crippen LogP contribution in [0.25, 0.3) is 76.9 Å². The zero-order valence-corrected chi connectivity index (χ0v) is 29.8. The molecule has 0 bridgehead atoms. The van der Waals surface area contributed by atoms with Gasteiger partial charge in [-0.15, -0.1) is 0 Å². The molecule has 0 spiro atoms. The van der Waals surface area contributed by atoms with Crippen LogP contribution in [0.4, 0.5) is 0 Å². The van der Waals surface area contributed by atoms with Crippen molar-refractivity contribution in [2.45, 2.75) is 6.54 Å². The lowest BCUT2D eigenvalue weighted by Gasteiger charge is -2.10. The van der Waals surface area contributed by atoms with E-state index in [9.17, 15) is 0 Å². The molecular weight excluding hydrogens is 675 g/mol. The van der Waals surface area contributed by atoms with Gasteiger partial charge in [-0.3, -0.25) is 4.99 Å². The van der Waals surface area contributed by atoms with Crippen LogP contribution >= 0.6 is 0 Å². The summed E-state index contributed by atoms with van der Waals surface area (Å²) in [5.74, 6) is 1.02. The third-order valence-corrected chi connectivity index (χ3v) is 10.3. The van der Waals surface area contributed by atoms with Crippen LogP contribution < -0.4 is 0 Å². The van der Waals surface area contributed by atoms with Crippen molar-refractivity contribution in [3.05, 3.63) is 193 Å². The van der Waals surface area contributed by atoms with E-state index < -0.39 is 0 Å². The molecule has 2 aromatic heterocycles. The van der Waals surface area contributed by atoms with E-state index in [1.54, 1.807) is 0 Å². The van der Waals surface area contributed by atoms with Crippen molar-refractivity contribution in [2.75, 3.05) is 0 Å². The zero-order valence-electron chi connectivity index (χ0n) is 29.8. The monoisotopic (exact) mass is 707 g/mol. The topological polar surface area (TPSA) is 63.4 Å². The SMILES string of the molecule is C=NC(=NC(=NCc1ccc2ccccc2c1)c1ccc(-c2ccccc2)cc1)c1cc(-c2ccc3oc4ccccc4c3c2)cc2oc3ccccc3c12. The van der Waals surface area contributed by atoms with Crippen molar-refractivity contribution >= 4 is 73.0 Å². The van der Waals surface area contributed by atoms with E-state index >= 15 is 0 Å². The lowest BCUT2D eigenvalue weighted by Crippen LogP contribution is -2.06. The fraction of sp³-hybridized carbons (Fsp3) is 0.0200. The van der Waals surface area contributed by atoms with Crippen molar-refractivity contribution in [1.82, 2.24) is 0 Å². The molecule has 0 unspecified atom stereocenters. The van der Waals surface area contributed by atoms with Gasteiger partial charge in [-0.2, -0.15) is 0 Å². The highest BCUT2D eigenvalue weighted by molar-refractivity contribution is 6.23. The smallest absolute Gasteiger partial charge is 0.161 e. The molecule has 8 aromatic carbocycles. The highest BCUT2D eigenvalue weighted by Gasteiger charge is 2.19. The molecule has 0 atom stereocenters. The number of furan rings is 2. The Hall–Kier alpha value is -7.37. The van der Waals surface area contributed by atoms with Crippen molar-refractivity contribution in [1.29, 1.82) is 0 Å². The maximum absolute atomic E-state index is 6.51. The van der Waals surface area contributed by atoms with Gasteiger partial charge in [-0.05, 0) is 87.8 Å². The molecule has 0 aliphatic rings. The van der Waals surface area contributed by atoms with Crippen LogP contribution in [0.5, 0.6) is 0 Å². The summed E-state index contributed by atoms with van der Waals surface area (Å²) in [6, 6.07) is 60.3. The van der Waals surface area contributed by atoms with Crippen LogP contribution in [0.2, 0.25) is 0 Å². The van der Waals surface area contributed by atoms with Crippen LogP contribution in [0.1, 0.15) is 16.7 Å². The molecule has 10 rings (SSSR count). The Kier molecular flexibility index (Phi) is 7.96. The van der Waals surface area contributed by atoms with Crippen LogP contribution in [0.15, 0.2) is 200 Å². The number of aliphatic imine (C=N–C) groups is 3. The lowest BCUT2D eigenvalue weighted by molar-refractivity contribution is 0.669. The fourth-order valence-electron chi connectivity index (χ4n) is 7.52. The van der Waals surface area contributed by atoms with Gasteiger partial charge in [-0.1, -0.05) is 133 Å². The minimum Gasteiger partial charge on any atom is -0.456 e. The second kappa shape index (κ2) is 13.6. The predicted molar refractivity (Wildman–Crippen MR) is 229 cm³/mol. The van der Waals surface area contributed by atoms with E-state index in [-0.39, 0.29) is 0 Å². The maximum Gasteiger partial charge on any atom is 0.161 e. The molecule has 2 heterocycles. The Balaban J connectivity index is 1.14. The Morgan fingerprint density at radius 3 is 1.93 bits per heavy atom. The minimum atomic E-state index is 0.442. The van der Waals surface area contributed by atoms with E-state index in [4.69, 9.17) is 18.8 Å². The number of hydrogen-bond acceptors (Lipinski definition) is 3. The summed E-state index contributed by atoms with van der Waals surface area (Å²) < 4.78 is 12.7. The Morgan fingerprint density at radius 2 is 1.11 bits per heavy atom. The molecule has 0 radical (unpaired) electrons. The lowest BCUT2D eigenvalue weighted by atomic mass is 9.97. The van der Waals surface area contributed by atoms with Gasteiger partial charge in [0, 0.05) is 32.7 Å². The van der Waals surface area contributed by atoms with Gasteiger partial charge in [0.25, 0.3) is 0 Å². The van der Waals surface area contributed by atoms with Crippen LogP contribution in [-0.2, 0) is 6.54 Å². The number of amidine groups is 2.